The van der Waals surface area contributed by atoms with Crippen LogP contribution in [0.25, 0.3) is 0 Å². The predicted octanol–water partition coefficient (Wildman–Crippen LogP) is 1.87. The van der Waals surface area contributed by atoms with Crippen molar-refractivity contribution in [3.63, 3.8) is 0 Å². The molecule has 1 aromatic rings. The Balaban J connectivity index is 2.06. The van der Waals surface area contributed by atoms with Gasteiger partial charge in [-0.25, -0.2) is 17.5 Å². The third kappa shape index (κ3) is 3.77. The van der Waals surface area contributed by atoms with Crippen LogP contribution >= 0.6 is 0 Å². The zero-order valence-corrected chi connectivity index (χ0v) is 12.6. The highest BCUT2D eigenvalue weighted by Crippen LogP contribution is 2.37. The van der Waals surface area contributed by atoms with Gasteiger partial charge in [-0.05, 0) is 42.5 Å². The highest BCUT2D eigenvalue weighted by atomic mass is 32.2. The molecule has 4 nitrogen and oxygen atoms in total. The lowest BCUT2D eigenvalue weighted by molar-refractivity contribution is 0.551. The molecule has 2 unspecified atom stereocenters. The first-order valence-electron chi connectivity index (χ1n) is 6.93. The molecule has 2 N–H and O–H groups in total. The van der Waals surface area contributed by atoms with Crippen LogP contribution in [0.3, 0.4) is 0 Å². The number of nitrogens with one attached hydrogen (secondary N) is 2. The molecule has 1 aromatic carbocycles. The number of rotatable bonds is 7. The van der Waals surface area contributed by atoms with Crippen molar-refractivity contribution in [3.05, 3.63) is 29.6 Å². The quantitative estimate of drug-likeness (QED) is 0.808. The number of hydrogen-bond acceptors (Lipinski definition) is 3. The van der Waals surface area contributed by atoms with Crippen LogP contribution in [0.2, 0.25) is 0 Å². The summed E-state index contributed by atoms with van der Waals surface area (Å²) in [4.78, 5) is -0.272. The second-order valence-electron chi connectivity index (χ2n) is 5.37. The maximum atomic E-state index is 13.9. The lowest BCUT2D eigenvalue weighted by Crippen LogP contribution is -2.27. The van der Waals surface area contributed by atoms with E-state index in [0.29, 0.717) is 24.9 Å². The van der Waals surface area contributed by atoms with Crippen molar-refractivity contribution in [2.45, 2.75) is 31.7 Å². The van der Waals surface area contributed by atoms with Crippen LogP contribution in [-0.4, -0.2) is 21.5 Å². The van der Waals surface area contributed by atoms with Gasteiger partial charge in [0.05, 0.1) is 0 Å². The molecule has 0 bridgehead atoms. The van der Waals surface area contributed by atoms with Gasteiger partial charge in [0.1, 0.15) is 10.7 Å². The van der Waals surface area contributed by atoms with Gasteiger partial charge in [-0.15, -0.1) is 0 Å². The van der Waals surface area contributed by atoms with Gasteiger partial charge in [0, 0.05) is 13.1 Å². The van der Waals surface area contributed by atoms with Gasteiger partial charge in [-0.3, -0.25) is 0 Å². The third-order valence-electron chi connectivity index (χ3n) is 3.68. The molecule has 1 fully saturated rings. The van der Waals surface area contributed by atoms with Gasteiger partial charge >= 0.3 is 0 Å². The molecule has 2 atom stereocenters. The Labute approximate surface area is 119 Å². The molecule has 6 heteroatoms. The molecule has 0 heterocycles. The smallest absolute Gasteiger partial charge is 0.243 e. The Kier molecular flexibility index (Phi) is 4.78. The van der Waals surface area contributed by atoms with Crippen molar-refractivity contribution < 1.29 is 12.8 Å². The second kappa shape index (κ2) is 6.20. The van der Waals surface area contributed by atoms with Crippen molar-refractivity contribution in [1.29, 1.82) is 0 Å². The first-order chi connectivity index (χ1) is 9.44. The van der Waals surface area contributed by atoms with Crippen LogP contribution in [0.1, 0.15) is 25.8 Å². The van der Waals surface area contributed by atoms with Crippen molar-refractivity contribution in [3.8, 4) is 0 Å². The Bertz CT molecular complexity index is 575. The van der Waals surface area contributed by atoms with E-state index in [1.807, 2.05) is 6.92 Å². The maximum absolute atomic E-state index is 13.9. The summed E-state index contributed by atoms with van der Waals surface area (Å²) in [5.41, 5.74) is 0.735. The van der Waals surface area contributed by atoms with Crippen molar-refractivity contribution in [2.24, 2.45) is 11.8 Å². The minimum atomic E-state index is -3.75. The van der Waals surface area contributed by atoms with Crippen LogP contribution < -0.4 is 10.0 Å². The molecule has 2 rings (SSSR count). The van der Waals surface area contributed by atoms with E-state index < -0.39 is 15.8 Å². The molecule has 1 aliphatic carbocycles. The minimum Gasteiger partial charge on any atom is -0.313 e. The molecule has 0 aromatic heterocycles. The van der Waals surface area contributed by atoms with E-state index in [2.05, 4.69) is 17.0 Å². The highest BCUT2D eigenvalue weighted by Gasteiger charge is 2.33. The molecule has 0 spiro atoms. The third-order valence-corrected chi connectivity index (χ3v) is 5.13. The summed E-state index contributed by atoms with van der Waals surface area (Å²) in [5, 5.41) is 3.07. The molecule has 1 saturated carbocycles. The Hall–Kier alpha value is -0.980. The largest absolute Gasteiger partial charge is 0.313 e. The Morgan fingerprint density at radius 2 is 2.10 bits per heavy atom. The van der Waals surface area contributed by atoms with Gasteiger partial charge in [-0.2, -0.15) is 0 Å². The average Bonchev–Trinajstić information content (AvgIpc) is 3.10. The summed E-state index contributed by atoms with van der Waals surface area (Å²) in [6, 6.07) is 4.25. The normalized spacial score (nSPS) is 21.9. The van der Waals surface area contributed by atoms with Gasteiger partial charge in [-0.1, -0.05) is 19.9 Å². The van der Waals surface area contributed by atoms with Crippen molar-refractivity contribution in [2.75, 3.05) is 13.1 Å². The standard InChI is InChI=1S/C14H21FN2O2S/c1-3-16-8-11-4-5-14(13(15)7-11)20(18,19)17-9-12-6-10(12)2/h4-5,7,10,12,16-17H,3,6,8-9H2,1-2H3. The number of benzene rings is 1. The molecular weight excluding hydrogens is 279 g/mol. The fraction of sp³-hybridized carbons (Fsp3) is 0.571. The van der Waals surface area contributed by atoms with Crippen LogP contribution in [0.15, 0.2) is 23.1 Å². The van der Waals surface area contributed by atoms with Gasteiger partial charge < -0.3 is 5.32 Å². The average molecular weight is 300 g/mol. The maximum Gasteiger partial charge on any atom is 0.243 e. The van der Waals surface area contributed by atoms with E-state index in [4.69, 9.17) is 0 Å². The molecule has 20 heavy (non-hydrogen) atoms. The summed E-state index contributed by atoms with van der Waals surface area (Å²) >= 11 is 0. The minimum absolute atomic E-state index is 0.272. The number of sulfonamides is 1. The van der Waals surface area contributed by atoms with Crippen molar-refractivity contribution in [1.82, 2.24) is 10.0 Å². The predicted molar refractivity (Wildman–Crippen MR) is 76.2 cm³/mol. The van der Waals surface area contributed by atoms with Crippen LogP contribution in [0.5, 0.6) is 0 Å². The molecular formula is C14H21FN2O2S. The fourth-order valence-corrected chi connectivity index (χ4v) is 3.27. The van der Waals surface area contributed by atoms with E-state index in [1.165, 1.54) is 12.1 Å². The fourth-order valence-electron chi connectivity index (χ4n) is 2.12. The van der Waals surface area contributed by atoms with Crippen LogP contribution in [0.4, 0.5) is 4.39 Å². The lowest BCUT2D eigenvalue weighted by atomic mass is 10.2. The Morgan fingerprint density at radius 1 is 1.40 bits per heavy atom. The van der Waals surface area contributed by atoms with E-state index in [0.717, 1.165) is 18.5 Å². The molecule has 0 radical (unpaired) electrons. The van der Waals surface area contributed by atoms with Crippen LogP contribution in [0, 0.1) is 17.7 Å². The van der Waals surface area contributed by atoms with E-state index in [9.17, 15) is 12.8 Å². The lowest BCUT2D eigenvalue weighted by Gasteiger charge is -2.09. The summed E-state index contributed by atoms with van der Waals surface area (Å²) in [7, 11) is -3.75. The first-order valence-corrected chi connectivity index (χ1v) is 8.41. The molecule has 0 saturated heterocycles. The van der Waals surface area contributed by atoms with E-state index in [1.54, 1.807) is 6.07 Å². The summed E-state index contributed by atoms with van der Waals surface area (Å²) in [6.45, 7) is 5.73. The summed E-state index contributed by atoms with van der Waals surface area (Å²) in [5.74, 6) is 0.252. The number of hydrogen-bond donors (Lipinski definition) is 2. The zero-order chi connectivity index (χ0) is 14.8. The first kappa shape index (κ1) is 15.4. The Morgan fingerprint density at radius 3 is 2.65 bits per heavy atom. The molecule has 0 aliphatic heterocycles. The van der Waals surface area contributed by atoms with Gasteiger partial charge in [0.25, 0.3) is 0 Å². The van der Waals surface area contributed by atoms with Crippen LogP contribution in [-0.2, 0) is 16.6 Å². The second-order valence-corrected chi connectivity index (χ2v) is 7.11. The van der Waals surface area contributed by atoms with E-state index >= 15 is 0 Å². The monoisotopic (exact) mass is 300 g/mol. The zero-order valence-electron chi connectivity index (χ0n) is 11.8. The summed E-state index contributed by atoms with van der Waals surface area (Å²) in [6.07, 6.45) is 1.03. The van der Waals surface area contributed by atoms with E-state index in [-0.39, 0.29) is 4.90 Å². The molecule has 0 amide bonds. The molecule has 112 valence electrons. The SMILES string of the molecule is CCNCc1ccc(S(=O)(=O)NCC2CC2C)c(F)c1. The molecule has 1 aliphatic rings. The van der Waals surface area contributed by atoms with Gasteiger partial charge in [0.2, 0.25) is 10.0 Å². The highest BCUT2D eigenvalue weighted by molar-refractivity contribution is 7.89. The van der Waals surface area contributed by atoms with Crippen molar-refractivity contribution >= 4 is 10.0 Å². The summed E-state index contributed by atoms with van der Waals surface area (Å²) < 4.78 is 40.5. The number of halogens is 1. The van der Waals surface area contributed by atoms with Gasteiger partial charge in [0.15, 0.2) is 0 Å². The topological polar surface area (TPSA) is 58.2 Å².